The van der Waals surface area contributed by atoms with Gasteiger partial charge in [0.15, 0.2) is 5.78 Å². The number of aryl methyl sites for hydroxylation is 1. The molecule has 0 radical (unpaired) electrons. The van der Waals surface area contributed by atoms with Gasteiger partial charge in [0.25, 0.3) is 0 Å². The summed E-state index contributed by atoms with van der Waals surface area (Å²) >= 11 is 0. The van der Waals surface area contributed by atoms with E-state index in [2.05, 4.69) is 0 Å². The summed E-state index contributed by atoms with van der Waals surface area (Å²) in [7, 11) is 3.10. The number of ketones is 2. The lowest BCUT2D eigenvalue weighted by Crippen LogP contribution is -2.22. The second kappa shape index (κ2) is 7.07. The molecule has 0 amide bonds. The summed E-state index contributed by atoms with van der Waals surface area (Å²) in [6.45, 7) is 0.647. The number of methoxy groups -OCH3 is 2. The molecule has 0 aliphatic heterocycles. The molecule has 0 unspecified atom stereocenters. The Labute approximate surface area is 146 Å². The highest BCUT2D eigenvalue weighted by Gasteiger charge is 2.35. The number of carbonyl (C=O) groups is 2. The lowest BCUT2D eigenvalue weighted by Gasteiger charge is -2.21. The van der Waals surface area contributed by atoms with Crippen LogP contribution in [0.25, 0.3) is 0 Å². The smallest absolute Gasteiger partial charge is 0.201 e. The summed E-state index contributed by atoms with van der Waals surface area (Å²) in [5, 5.41) is 10.6. The van der Waals surface area contributed by atoms with Gasteiger partial charge in [-0.25, -0.2) is 0 Å². The molecule has 25 heavy (non-hydrogen) atoms. The normalized spacial score (nSPS) is 12.7. The first kappa shape index (κ1) is 17.2. The van der Waals surface area contributed by atoms with Crippen LogP contribution >= 0.6 is 0 Å². The van der Waals surface area contributed by atoms with Gasteiger partial charge in [0.2, 0.25) is 5.78 Å². The van der Waals surface area contributed by atoms with Gasteiger partial charge >= 0.3 is 0 Å². The first-order chi connectivity index (χ1) is 12.1. The van der Waals surface area contributed by atoms with Crippen molar-refractivity contribution < 1.29 is 24.2 Å². The molecule has 1 aliphatic carbocycles. The van der Waals surface area contributed by atoms with Crippen molar-refractivity contribution in [3.63, 3.8) is 0 Å². The minimum Gasteiger partial charge on any atom is -0.507 e. The molecule has 3 rings (SSSR count). The molecule has 0 heterocycles. The zero-order valence-corrected chi connectivity index (χ0v) is 14.3. The van der Waals surface area contributed by atoms with E-state index in [0.717, 1.165) is 12.8 Å². The molecule has 5 nitrogen and oxygen atoms in total. The van der Waals surface area contributed by atoms with Crippen molar-refractivity contribution in [2.75, 3.05) is 20.8 Å². The topological polar surface area (TPSA) is 72.8 Å². The summed E-state index contributed by atoms with van der Waals surface area (Å²) in [6, 6.07) is 8.27. The number of carbonyl (C=O) groups excluding carboxylic acids is 2. The molecule has 0 bridgehead atoms. The number of unbranched alkanes of at least 4 members (excludes halogenated alkanes) is 1. The van der Waals surface area contributed by atoms with Crippen LogP contribution in [0.3, 0.4) is 0 Å². The quantitative estimate of drug-likeness (QED) is 0.698. The molecule has 2 aromatic carbocycles. The van der Waals surface area contributed by atoms with Crippen molar-refractivity contribution in [2.45, 2.75) is 19.3 Å². The SMILES string of the molecule is COCCCCc1ccc2c(c1O)C(=O)c1c(OC)cccc1C2=O. The molecule has 2 aromatic rings. The van der Waals surface area contributed by atoms with Crippen LogP contribution < -0.4 is 4.74 Å². The van der Waals surface area contributed by atoms with Gasteiger partial charge in [0.1, 0.15) is 11.5 Å². The van der Waals surface area contributed by atoms with E-state index in [-0.39, 0.29) is 34.0 Å². The molecule has 0 saturated carbocycles. The van der Waals surface area contributed by atoms with Crippen molar-refractivity contribution in [2.24, 2.45) is 0 Å². The van der Waals surface area contributed by atoms with E-state index in [9.17, 15) is 14.7 Å². The van der Waals surface area contributed by atoms with E-state index in [1.807, 2.05) is 0 Å². The molecule has 1 aliphatic rings. The Balaban J connectivity index is 2.03. The van der Waals surface area contributed by atoms with Gasteiger partial charge in [-0.1, -0.05) is 18.2 Å². The van der Waals surface area contributed by atoms with Crippen LogP contribution in [0.4, 0.5) is 0 Å². The number of aromatic hydroxyl groups is 1. The van der Waals surface area contributed by atoms with Crippen molar-refractivity contribution in [3.8, 4) is 11.5 Å². The molecule has 0 fully saturated rings. The van der Waals surface area contributed by atoms with E-state index in [4.69, 9.17) is 9.47 Å². The summed E-state index contributed by atoms with van der Waals surface area (Å²) in [6.07, 6.45) is 2.29. The average Bonchev–Trinajstić information content (AvgIpc) is 2.63. The van der Waals surface area contributed by atoms with Crippen LogP contribution in [0, 0.1) is 0 Å². The van der Waals surface area contributed by atoms with Crippen molar-refractivity contribution >= 4 is 11.6 Å². The zero-order valence-electron chi connectivity index (χ0n) is 14.3. The summed E-state index contributed by atoms with van der Waals surface area (Å²) < 4.78 is 10.3. The predicted octanol–water partition coefficient (Wildman–Crippen LogP) is 3.15. The van der Waals surface area contributed by atoms with Gasteiger partial charge < -0.3 is 14.6 Å². The summed E-state index contributed by atoms with van der Waals surface area (Å²) in [4.78, 5) is 25.7. The molecular formula is C20H20O5. The molecule has 0 saturated heterocycles. The monoisotopic (exact) mass is 340 g/mol. The number of ether oxygens (including phenoxy) is 2. The Hall–Kier alpha value is -2.66. The maximum Gasteiger partial charge on any atom is 0.201 e. The maximum atomic E-state index is 13.0. The number of phenolic OH excluding ortho intramolecular Hbond substituents is 1. The van der Waals surface area contributed by atoms with Crippen LogP contribution in [-0.4, -0.2) is 37.5 Å². The fraction of sp³-hybridized carbons (Fsp3) is 0.300. The number of benzene rings is 2. The Kier molecular flexibility index (Phi) is 4.86. The molecule has 0 atom stereocenters. The number of hydrogen-bond donors (Lipinski definition) is 1. The highest BCUT2D eigenvalue weighted by molar-refractivity contribution is 6.30. The van der Waals surface area contributed by atoms with Crippen molar-refractivity contribution in [1.29, 1.82) is 0 Å². The highest BCUT2D eigenvalue weighted by Crippen LogP contribution is 2.38. The zero-order chi connectivity index (χ0) is 18.0. The second-order valence-corrected chi connectivity index (χ2v) is 5.99. The third-order valence-electron chi connectivity index (χ3n) is 4.50. The maximum absolute atomic E-state index is 13.0. The summed E-state index contributed by atoms with van der Waals surface area (Å²) in [5.74, 6) is -0.417. The Morgan fingerprint density at radius 2 is 1.68 bits per heavy atom. The van der Waals surface area contributed by atoms with Crippen molar-refractivity contribution in [1.82, 2.24) is 0 Å². The van der Waals surface area contributed by atoms with Gasteiger partial charge in [0.05, 0.1) is 18.2 Å². The fourth-order valence-corrected chi connectivity index (χ4v) is 3.21. The van der Waals surface area contributed by atoms with E-state index < -0.39 is 0 Å². The first-order valence-electron chi connectivity index (χ1n) is 8.20. The van der Waals surface area contributed by atoms with Gasteiger partial charge in [0, 0.05) is 24.8 Å². The fourth-order valence-electron chi connectivity index (χ4n) is 3.21. The number of phenols is 1. The van der Waals surface area contributed by atoms with E-state index in [1.165, 1.54) is 7.11 Å². The molecule has 1 N–H and O–H groups in total. The van der Waals surface area contributed by atoms with Gasteiger partial charge in [-0.05, 0) is 37.0 Å². The van der Waals surface area contributed by atoms with Gasteiger partial charge in [-0.15, -0.1) is 0 Å². The second-order valence-electron chi connectivity index (χ2n) is 5.99. The molecule has 130 valence electrons. The summed E-state index contributed by atoms with van der Waals surface area (Å²) in [5.41, 5.74) is 1.50. The number of fused-ring (bicyclic) bond motifs is 2. The third kappa shape index (κ3) is 2.91. The van der Waals surface area contributed by atoms with E-state index in [1.54, 1.807) is 37.4 Å². The van der Waals surface area contributed by atoms with Gasteiger partial charge in [-0.3, -0.25) is 9.59 Å². The third-order valence-corrected chi connectivity index (χ3v) is 4.50. The van der Waals surface area contributed by atoms with Crippen LogP contribution in [0.1, 0.15) is 50.2 Å². The van der Waals surface area contributed by atoms with Crippen molar-refractivity contribution in [3.05, 3.63) is 58.1 Å². The lowest BCUT2D eigenvalue weighted by atomic mass is 9.82. The van der Waals surface area contributed by atoms with Crippen LogP contribution in [0.5, 0.6) is 11.5 Å². The molecule has 0 spiro atoms. The Morgan fingerprint density at radius 1 is 0.920 bits per heavy atom. The minimum atomic E-state index is -0.377. The number of hydrogen-bond acceptors (Lipinski definition) is 5. The van der Waals surface area contributed by atoms with Crippen LogP contribution in [0.15, 0.2) is 30.3 Å². The largest absolute Gasteiger partial charge is 0.507 e. The van der Waals surface area contributed by atoms with E-state index in [0.29, 0.717) is 29.9 Å². The predicted molar refractivity (Wildman–Crippen MR) is 92.8 cm³/mol. The minimum absolute atomic E-state index is 0.0752. The lowest BCUT2D eigenvalue weighted by molar-refractivity contribution is 0.0974. The highest BCUT2D eigenvalue weighted by atomic mass is 16.5. The molecular weight excluding hydrogens is 320 g/mol. The Bertz CT molecular complexity index is 838. The number of rotatable bonds is 6. The average molecular weight is 340 g/mol. The molecule has 0 aromatic heterocycles. The van der Waals surface area contributed by atoms with Gasteiger partial charge in [-0.2, -0.15) is 0 Å². The van der Waals surface area contributed by atoms with E-state index >= 15 is 0 Å². The standard InChI is InChI=1S/C20H20O5/c1-24-11-4-3-6-12-9-10-14-17(18(12)21)20(23)16-13(19(14)22)7-5-8-15(16)25-2/h5,7-10,21H,3-4,6,11H2,1-2H3. The molecule has 5 heteroatoms. The van der Waals surface area contributed by atoms with Crippen LogP contribution in [0.2, 0.25) is 0 Å². The first-order valence-corrected chi connectivity index (χ1v) is 8.20. The van der Waals surface area contributed by atoms with Crippen LogP contribution in [-0.2, 0) is 11.2 Å². The Morgan fingerprint density at radius 3 is 2.40 bits per heavy atom.